The van der Waals surface area contributed by atoms with Crippen molar-refractivity contribution in [1.29, 1.82) is 0 Å². The molecule has 3 heteroatoms. The van der Waals surface area contributed by atoms with Gasteiger partial charge in [-0.1, -0.05) is 30.3 Å². The summed E-state index contributed by atoms with van der Waals surface area (Å²) in [5.41, 5.74) is 1.31. The lowest BCUT2D eigenvalue weighted by Crippen LogP contribution is -2.44. The fraction of sp³-hybridized carbons (Fsp3) is 0.571. The van der Waals surface area contributed by atoms with Gasteiger partial charge in [-0.15, -0.1) is 0 Å². The van der Waals surface area contributed by atoms with E-state index in [0.29, 0.717) is 12.5 Å². The van der Waals surface area contributed by atoms with Gasteiger partial charge in [-0.25, -0.2) is 0 Å². The van der Waals surface area contributed by atoms with E-state index in [9.17, 15) is 5.11 Å². The molecule has 0 saturated carbocycles. The van der Waals surface area contributed by atoms with Crippen molar-refractivity contribution >= 4 is 0 Å². The van der Waals surface area contributed by atoms with Crippen LogP contribution in [0.25, 0.3) is 0 Å². The Kier molecular flexibility index (Phi) is 4.54. The van der Waals surface area contributed by atoms with Gasteiger partial charge >= 0.3 is 0 Å². The van der Waals surface area contributed by atoms with Crippen molar-refractivity contribution in [2.75, 3.05) is 26.8 Å². The zero-order chi connectivity index (χ0) is 12.1. The van der Waals surface area contributed by atoms with Gasteiger partial charge in [0.2, 0.25) is 0 Å². The van der Waals surface area contributed by atoms with Crippen molar-refractivity contribution in [2.24, 2.45) is 5.92 Å². The van der Waals surface area contributed by atoms with Crippen LogP contribution in [0.2, 0.25) is 0 Å². The zero-order valence-electron chi connectivity index (χ0n) is 10.4. The molecule has 0 amide bonds. The first-order chi connectivity index (χ1) is 8.29. The lowest BCUT2D eigenvalue weighted by Gasteiger charge is -2.35. The second-order valence-corrected chi connectivity index (χ2v) is 4.79. The van der Waals surface area contributed by atoms with Crippen LogP contribution in [-0.2, 0) is 11.3 Å². The smallest absolute Gasteiger partial charge is 0.0717 e. The molecule has 0 bridgehead atoms. The summed E-state index contributed by atoms with van der Waals surface area (Å²) in [6, 6.07) is 10.4. The van der Waals surface area contributed by atoms with Crippen molar-refractivity contribution in [2.45, 2.75) is 19.1 Å². The van der Waals surface area contributed by atoms with Crippen molar-refractivity contribution in [3.8, 4) is 0 Å². The topological polar surface area (TPSA) is 32.7 Å². The molecule has 3 nitrogen and oxygen atoms in total. The summed E-state index contributed by atoms with van der Waals surface area (Å²) in [6.07, 6.45) is 0.759. The van der Waals surface area contributed by atoms with Crippen LogP contribution in [0.3, 0.4) is 0 Å². The van der Waals surface area contributed by atoms with Crippen LogP contribution in [0.1, 0.15) is 12.0 Å². The van der Waals surface area contributed by atoms with Crippen molar-refractivity contribution in [1.82, 2.24) is 4.90 Å². The molecule has 0 radical (unpaired) electrons. The van der Waals surface area contributed by atoms with Gasteiger partial charge in [0.05, 0.1) is 12.7 Å². The minimum absolute atomic E-state index is 0.257. The molecule has 2 atom stereocenters. The Morgan fingerprint density at radius 3 is 2.76 bits per heavy atom. The maximum atomic E-state index is 10.0. The highest BCUT2D eigenvalue weighted by atomic mass is 16.5. The molecule has 2 rings (SSSR count). The Morgan fingerprint density at radius 1 is 1.35 bits per heavy atom. The second-order valence-electron chi connectivity index (χ2n) is 4.79. The van der Waals surface area contributed by atoms with E-state index in [0.717, 1.165) is 26.1 Å². The second kappa shape index (κ2) is 6.15. The Balaban J connectivity index is 1.85. The lowest BCUT2D eigenvalue weighted by atomic mass is 9.94. The number of rotatable bonds is 4. The summed E-state index contributed by atoms with van der Waals surface area (Å²) in [7, 11) is 1.70. The average molecular weight is 235 g/mol. The Hall–Kier alpha value is -0.900. The minimum Gasteiger partial charge on any atom is -0.391 e. The fourth-order valence-electron chi connectivity index (χ4n) is 2.44. The molecule has 0 aliphatic carbocycles. The molecule has 1 aromatic rings. The first-order valence-electron chi connectivity index (χ1n) is 6.23. The van der Waals surface area contributed by atoms with E-state index in [1.165, 1.54) is 5.56 Å². The van der Waals surface area contributed by atoms with E-state index in [1.807, 2.05) is 6.07 Å². The number of aliphatic hydroxyl groups is 1. The van der Waals surface area contributed by atoms with Gasteiger partial charge in [0, 0.05) is 26.1 Å². The van der Waals surface area contributed by atoms with Crippen molar-refractivity contribution < 1.29 is 9.84 Å². The summed E-state index contributed by atoms with van der Waals surface area (Å²) < 4.78 is 5.13. The van der Waals surface area contributed by atoms with E-state index in [-0.39, 0.29) is 6.10 Å². The Bertz CT molecular complexity index is 328. The van der Waals surface area contributed by atoms with E-state index in [2.05, 4.69) is 29.2 Å². The normalized spacial score (nSPS) is 26.0. The molecule has 17 heavy (non-hydrogen) atoms. The average Bonchev–Trinajstić information content (AvgIpc) is 2.34. The number of hydrogen-bond acceptors (Lipinski definition) is 3. The van der Waals surface area contributed by atoms with Crippen LogP contribution >= 0.6 is 0 Å². The number of piperidine rings is 1. The van der Waals surface area contributed by atoms with Gasteiger partial charge in [0.1, 0.15) is 0 Å². The molecule has 1 aliphatic heterocycles. The minimum atomic E-state index is -0.257. The maximum Gasteiger partial charge on any atom is 0.0717 e. The van der Waals surface area contributed by atoms with Gasteiger partial charge in [0.25, 0.3) is 0 Å². The number of likely N-dealkylation sites (tertiary alicyclic amines) is 1. The molecular weight excluding hydrogens is 214 g/mol. The number of methoxy groups -OCH3 is 1. The van der Waals surface area contributed by atoms with Gasteiger partial charge in [-0.05, 0) is 18.5 Å². The number of hydrogen-bond donors (Lipinski definition) is 1. The highest BCUT2D eigenvalue weighted by Gasteiger charge is 2.27. The van der Waals surface area contributed by atoms with Crippen LogP contribution in [0.4, 0.5) is 0 Å². The van der Waals surface area contributed by atoms with Crippen LogP contribution < -0.4 is 0 Å². The molecule has 1 aromatic carbocycles. The Morgan fingerprint density at radius 2 is 2.12 bits per heavy atom. The molecule has 1 N–H and O–H groups in total. The highest BCUT2D eigenvalue weighted by Crippen LogP contribution is 2.19. The summed E-state index contributed by atoms with van der Waals surface area (Å²) in [6.45, 7) is 3.39. The number of benzene rings is 1. The molecule has 1 aliphatic rings. The van der Waals surface area contributed by atoms with Gasteiger partial charge in [-0.2, -0.15) is 0 Å². The summed E-state index contributed by atoms with van der Waals surface area (Å²) in [5, 5.41) is 10.0. The lowest BCUT2D eigenvalue weighted by molar-refractivity contribution is -0.0140. The van der Waals surface area contributed by atoms with Crippen LogP contribution in [-0.4, -0.2) is 42.9 Å². The third-order valence-corrected chi connectivity index (χ3v) is 3.44. The molecule has 1 saturated heterocycles. The Labute approximate surface area is 103 Å². The quantitative estimate of drug-likeness (QED) is 0.859. The number of β-amino-alcohol motifs (C(OH)–C–C–N with tert-alkyl or cyclic N) is 1. The molecule has 1 heterocycles. The highest BCUT2D eigenvalue weighted by molar-refractivity contribution is 5.14. The number of nitrogens with zero attached hydrogens (tertiary/aromatic N) is 1. The van der Waals surface area contributed by atoms with Crippen molar-refractivity contribution in [3.63, 3.8) is 0 Å². The fourth-order valence-corrected chi connectivity index (χ4v) is 2.44. The monoisotopic (exact) mass is 235 g/mol. The largest absolute Gasteiger partial charge is 0.391 e. The molecule has 0 unspecified atom stereocenters. The molecule has 1 fully saturated rings. The number of ether oxygens (including phenoxy) is 1. The van der Waals surface area contributed by atoms with E-state index >= 15 is 0 Å². The van der Waals surface area contributed by atoms with Crippen LogP contribution in [0.15, 0.2) is 30.3 Å². The van der Waals surface area contributed by atoms with E-state index in [1.54, 1.807) is 7.11 Å². The first-order valence-corrected chi connectivity index (χ1v) is 6.23. The van der Waals surface area contributed by atoms with Gasteiger partial charge < -0.3 is 9.84 Å². The van der Waals surface area contributed by atoms with Crippen LogP contribution in [0.5, 0.6) is 0 Å². The van der Waals surface area contributed by atoms with Gasteiger partial charge in [-0.3, -0.25) is 4.90 Å². The molecular formula is C14H21NO2. The van der Waals surface area contributed by atoms with Crippen LogP contribution in [0, 0.1) is 5.92 Å². The SMILES string of the molecule is COC[C@H]1CCN(Cc2ccccc2)C[C@H]1O. The van der Waals surface area contributed by atoms with E-state index in [4.69, 9.17) is 4.74 Å². The third kappa shape index (κ3) is 3.53. The summed E-state index contributed by atoms with van der Waals surface area (Å²) in [4.78, 5) is 2.31. The standard InChI is InChI=1S/C14H21NO2/c1-17-11-13-7-8-15(10-14(13)16)9-12-5-3-2-4-6-12/h2-6,13-14,16H,7-11H2,1H3/t13-,14-/m1/s1. The van der Waals surface area contributed by atoms with E-state index < -0.39 is 0 Å². The predicted octanol–water partition coefficient (Wildman–Crippen LogP) is 1.52. The third-order valence-electron chi connectivity index (χ3n) is 3.44. The molecule has 0 aromatic heterocycles. The summed E-state index contributed by atoms with van der Waals surface area (Å²) in [5.74, 6) is 0.298. The van der Waals surface area contributed by atoms with Gasteiger partial charge in [0.15, 0.2) is 0 Å². The molecule has 94 valence electrons. The first kappa shape index (κ1) is 12.6. The molecule has 0 spiro atoms. The predicted molar refractivity (Wildman–Crippen MR) is 67.7 cm³/mol. The zero-order valence-corrected chi connectivity index (χ0v) is 10.4. The maximum absolute atomic E-state index is 10.0. The summed E-state index contributed by atoms with van der Waals surface area (Å²) >= 11 is 0. The van der Waals surface area contributed by atoms with Crippen molar-refractivity contribution in [3.05, 3.63) is 35.9 Å². The number of aliphatic hydroxyl groups excluding tert-OH is 1.